The maximum atomic E-state index is 3.81. The maximum Gasteiger partial charge on any atom is -0.00513 e. The molecule has 62 valence electrons. The van der Waals surface area contributed by atoms with Gasteiger partial charge in [0.05, 0.1) is 0 Å². The van der Waals surface area contributed by atoms with Crippen LogP contribution in [0.15, 0.2) is 36.0 Å². The zero-order valence-electron chi connectivity index (χ0n) is 8.02. The molecule has 0 N–H and O–H groups in total. The largest absolute Gasteiger partial charge is 0.0961 e. The van der Waals surface area contributed by atoms with E-state index in [9.17, 15) is 0 Å². The fourth-order valence-electron chi connectivity index (χ4n) is 0.723. The monoisotopic (exact) mass is 150 g/mol. The lowest BCUT2D eigenvalue weighted by Crippen LogP contribution is -1.90. The first kappa shape index (κ1) is 10.2. The minimum atomic E-state index is 0.539. The summed E-state index contributed by atoms with van der Waals surface area (Å²) in [4.78, 5) is 0. The van der Waals surface area contributed by atoms with Gasteiger partial charge in [0.15, 0.2) is 0 Å². The zero-order chi connectivity index (χ0) is 8.85. The molecule has 0 saturated carbocycles. The molecule has 1 unspecified atom stereocenters. The van der Waals surface area contributed by atoms with Gasteiger partial charge in [-0.05, 0) is 26.7 Å². The van der Waals surface area contributed by atoms with Crippen molar-refractivity contribution in [3.63, 3.8) is 0 Å². The molecule has 0 spiro atoms. The summed E-state index contributed by atoms with van der Waals surface area (Å²) in [6.07, 6.45) is 6.39. The Labute approximate surface area is 70.3 Å². The lowest BCUT2D eigenvalue weighted by atomic mass is 10.0. The summed E-state index contributed by atoms with van der Waals surface area (Å²) in [5.41, 5.74) is 2.52. The third-order valence-electron chi connectivity index (χ3n) is 1.84. The van der Waals surface area contributed by atoms with Crippen molar-refractivity contribution in [2.45, 2.75) is 27.7 Å². The molecule has 0 heterocycles. The highest BCUT2D eigenvalue weighted by molar-refractivity contribution is 5.16. The van der Waals surface area contributed by atoms with Gasteiger partial charge in [-0.2, -0.15) is 0 Å². The first-order valence-corrected chi connectivity index (χ1v) is 4.04. The van der Waals surface area contributed by atoms with E-state index in [1.807, 2.05) is 6.92 Å². The molecule has 0 aromatic heterocycles. The quantitative estimate of drug-likeness (QED) is 0.425. The summed E-state index contributed by atoms with van der Waals surface area (Å²) >= 11 is 0. The Morgan fingerprint density at radius 1 is 1.36 bits per heavy atom. The predicted molar refractivity (Wildman–Crippen MR) is 52.5 cm³/mol. The number of allylic oxidation sites excluding steroid dienone is 5. The molecule has 0 bridgehead atoms. The highest BCUT2D eigenvalue weighted by atomic mass is 14.0. The molecule has 0 nitrogen and oxygen atoms in total. The van der Waals surface area contributed by atoms with E-state index in [4.69, 9.17) is 0 Å². The second-order valence-corrected chi connectivity index (χ2v) is 3.03. The van der Waals surface area contributed by atoms with Crippen LogP contribution in [-0.4, -0.2) is 0 Å². The van der Waals surface area contributed by atoms with E-state index in [2.05, 4.69) is 45.6 Å². The average Bonchev–Trinajstić information content (AvgIpc) is 1.98. The molecule has 0 aliphatic rings. The van der Waals surface area contributed by atoms with Crippen LogP contribution in [0.4, 0.5) is 0 Å². The molecule has 0 amide bonds. The zero-order valence-corrected chi connectivity index (χ0v) is 8.02. The van der Waals surface area contributed by atoms with Crippen LogP contribution >= 0.6 is 0 Å². The summed E-state index contributed by atoms with van der Waals surface area (Å²) in [6, 6.07) is 0. The molecule has 0 fully saturated rings. The van der Waals surface area contributed by atoms with Crippen molar-refractivity contribution in [1.82, 2.24) is 0 Å². The molecular weight excluding hydrogens is 132 g/mol. The molecular formula is C11H18. The second kappa shape index (κ2) is 4.95. The van der Waals surface area contributed by atoms with Crippen molar-refractivity contribution in [1.29, 1.82) is 0 Å². The van der Waals surface area contributed by atoms with Crippen LogP contribution in [0.25, 0.3) is 0 Å². The van der Waals surface area contributed by atoms with Crippen LogP contribution in [-0.2, 0) is 0 Å². The number of hydrogen-bond donors (Lipinski definition) is 0. The summed E-state index contributed by atoms with van der Waals surface area (Å²) < 4.78 is 0. The van der Waals surface area contributed by atoms with E-state index >= 15 is 0 Å². The number of hydrogen-bond acceptors (Lipinski definition) is 0. The van der Waals surface area contributed by atoms with E-state index < -0.39 is 0 Å². The van der Waals surface area contributed by atoms with E-state index in [1.54, 1.807) is 0 Å². The molecule has 0 heteroatoms. The third-order valence-corrected chi connectivity index (χ3v) is 1.84. The van der Waals surface area contributed by atoms with Crippen molar-refractivity contribution in [2.24, 2.45) is 5.92 Å². The van der Waals surface area contributed by atoms with Crippen LogP contribution in [0.1, 0.15) is 27.7 Å². The third kappa shape index (κ3) is 4.60. The Balaban J connectivity index is 4.07. The van der Waals surface area contributed by atoms with Gasteiger partial charge in [-0.25, -0.2) is 0 Å². The summed E-state index contributed by atoms with van der Waals surface area (Å²) in [5, 5.41) is 0. The molecule has 0 aliphatic heterocycles. The van der Waals surface area contributed by atoms with Crippen LogP contribution < -0.4 is 0 Å². The van der Waals surface area contributed by atoms with Crippen LogP contribution in [0.5, 0.6) is 0 Å². The van der Waals surface area contributed by atoms with Crippen molar-refractivity contribution < 1.29 is 0 Å². The second-order valence-electron chi connectivity index (χ2n) is 3.03. The Hall–Kier alpha value is -0.780. The van der Waals surface area contributed by atoms with E-state index in [-0.39, 0.29) is 0 Å². The summed E-state index contributed by atoms with van der Waals surface area (Å²) in [5.74, 6) is 0.539. The Kier molecular flexibility index (Phi) is 4.60. The average molecular weight is 150 g/mol. The fourth-order valence-corrected chi connectivity index (χ4v) is 0.723. The highest BCUT2D eigenvalue weighted by Gasteiger charge is 1.95. The molecule has 1 atom stereocenters. The maximum absolute atomic E-state index is 3.81. The van der Waals surface area contributed by atoms with Crippen molar-refractivity contribution >= 4 is 0 Å². The molecule has 0 saturated heterocycles. The van der Waals surface area contributed by atoms with Gasteiger partial charge in [-0.1, -0.05) is 42.9 Å². The van der Waals surface area contributed by atoms with Crippen LogP contribution in [0.2, 0.25) is 0 Å². The standard InChI is InChI=1S/C11H18/c1-6-10(4)11(5)8-7-9(2)3/h6-8,11H,2H2,1,3-5H3. The topological polar surface area (TPSA) is 0 Å². The lowest BCUT2D eigenvalue weighted by molar-refractivity contribution is 0.858. The molecule has 0 rings (SSSR count). The molecule has 0 radical (unpaired) electrons. The van der Waals surface area contributed by atoms with Crippen LogP contribution in [0, 0.1) is 5.92 Å². The van der Waals surface area contributed by atoms with E-state index in [1.165, 1.54) is 5.57 Å². The Bertz CT molecular complexity index is 182. The van der Waals surface area contributed by atoms with E-state index in [0.29, 0.717) is 5.92 Å². The van der Waals surface area contributed by atoms with Crippen molar-refractivity contribution in [2.75, 3.05) is 0 Å². The molecule has 0 aliphatic carbocycles. The Morgan fingerprint density at radius 3 is 2.27 bits per heavy atom. The minimum Gasteiger partial charge on any atom is -0.0961 e. The van der Waals surface area contributed by atoms with Gasteiger partial charge in [0.25, 0.3) is 0 Å². The van der Waals surface area contributed by atoms with Gasteiger partial charge in [0, 0.05) is 0 Å². The van der Waals surface area contributed by atoms with Gasteiger partial charge < -0.3 is 0 Å². The fraction of sp³-hybridized carbons (Fsp3) is 0.455. The normalized spacial score (nSPS) is 15.5. The predicted octanol–water partition coefficient (Wildman–Crippen LogP) is 3.72. The van der Waals surface area contributed by atoms with Gasteiger partial charge >= 0.3 is 0 Å². The summed E-state index contributed by atoms with van der Waals surface area (Å²) in [6.45, 7) is 12.2. The first-order valence-electron chi connectivity index (χ1n) is 4.04. The molecule has 11 heavy (non-hydrogen) atoms. The van der Waals surface area contributed by atoms with Gasteiger partial charge in [-0.15, -0.1) is 0 Å². The minimum absolute atomic E-state index is 0.539. The Morgan fingerprint density at radius 2 is 1.91 bits per heavy atom. The van der Waals surface area contributed by atoms with Crippen molar-refractivity contribution in [3.05, 3.63) is 36.0 Å². The van der Waals surface area contributed by atoms with Gasteiger partial charge in [-0.3, -0.25) is 0 Å². The molecule has 0 aromatic carbocycles. The SMILES string of the molecule is C=C(C)C=CC(C)C(C)=CC. The summed E-state index contributed by atoms with van der Waals surface area (Å²) in [7, 11) is 0. The molecule has 0 aromatic rings. The smallest absolute Gasteiger partial charge is 0.00513 e. The first-order chi connectivity index (χ1) is 5.07. The van der Waals surface area contributed by atoms with Gasteiger partial charge in [0.2, 0.25) is 0 Å². The highest BCUT2D eigenvalue weighted by Crippen LogP contribution is 2.11. The van der Waals surface area contributed by atoms with Gasteiger partial charge in [0.1, 0.15) is 0 Å². The van der Waals surface area contributed by atoms with E-state index in [0.717, 1.165) is 5.57 Å². The van der Waals surface area contributed by atoms with Crippen molar-refractivity contribution in [3.8, 4) is 0 Å². The number of rotatable bonds is 3. The van der Waals surface area contributed by atoms with Crippen LogP contribution in [0.3, 0.4) is 0 Å². The lowest BCUT2D eigenvalue weighted by Gasteiger charge is -2.04.